The lowest BCUT2D eigenvalue weighted by Crippen LogP contribution is -2.25. The van der Waals surface area contributed by atoms with Crippen molar-refractivity contribution in [3.63, 3.8) is 0 Å². The minimum Gasteiger partial charge on any atom is -0.381 e. The Hall–Kier alpha value is -2.21. The van der Waals surface area contributed by atoms with Crippen LogP contribution in [0.4, 0.5) is 0 Å². The Bertz CT molecular complexity index is 552. The number of unbranched alkanes of at least 4 members (excludes halogenated alkanes) is 1. The Morgan fingerprint density at radius 2 is 2.00 bits per heavy atom. The standard InChI is InChI=1S/C16H22N4O2/c1-2-3-10-22-11-4-9-18-16(21)14-5-7-15(8-6-14)20-13-17-12-19-20/h5-8,12-13H,2-4,9-11H2,1H3,(H,18,21). The fraction of sp³-hybridized carbons (Fsp3) is 0.438. The minimum absolute atomic E-state index is 0.0706. The van der Waals surface area contributed by atoms with E-state index in [2.05, 4.69) is 22.3 Å². The van der Waals surface area contributed by atoms with Crippen molar-refractivity contribution < 1.29 is 9.53 Å². The topological polar surface area (TPSA) is 69.0 Å². The van der Waals surface area contributed by atoms with E-state index in [0.717, 1.165) is 31.6 Å². The fourth-order valence-electron chi connectivity index (χ4n) is 1.93. The van der Waals surface area contributed by atoms with Crippen LogP contribution in [-0.4, -0.2) is 40.4 Å². The van der Waals surface area contributed by atoms with Gasteiger partial charge in [-0.15, -0.1) is 0 Å². The minimum atomic E-state index is -0.0706. The second kappa shape index (κ2) is 8.94. The van der Waals surface area contributed by atoms with Crippen LogP contribution in [0, 0.1) is 0 Å². The van der Waals surface area contributed by atoms with Gasteiger partial charge in [0.25, 0.3) is 5.91 Å². The first kappa shape index (κ1) is 16.2. The van der Waals surface area contributed by atoms with Crippen LogP contribution in [0.2, 0.25) is 0 Å². The van der Waals surface area contributed by atoms with Gasteiger partial charge in [0.1, 0.15) is 12.7 Å². The number of hydrogen-bond acceptors (Lipinski definition) is 4. The molecule has 0 aliphatic heterocycles. The van der Waals surface area contributed by atoms with Crippen LogP contribution >= 0.6 is 0 Å². The van der Waals surface area contributed by atoms with Crippen LogP contribution in [0.1, 0.15) is 36.5 Å². The van der Waals surface area contributed by atoms with E-state index in [-0.39, 0.29) is 5.91 Å². The van der Waals surface area contributed by atoms with E-state index in [1.165, 1.54) is 6.33 Å². The van der Waals surface area contributed by atoms with Crippen molar-refractivity contribution >= 4 is 5.91 Å². The van der Waals surface area contributed by atoms with E-state index in [1.807, 2.05) is 12.1 Å². The molecule has 0 spiro atoms. The zero-order chi connectivity index (χ0) is 15.6. The van der Waals surface area contributed by atoms with Crippen molar-refractivity contribution in [1.82, 2.24) is 20.1 Å². The summed E-state index contributed by atoms with van der Waals surface area (Å²) in [5.74, 6) is -0.0706. The van der Waals surface area contributed by atoms with Crippen molar-refractivity contribution in [2.45, 2.75) is 26.2 Å². The van der Waals surface area contributed by atoms with Gasteiger partial charge in [-0.3, -0.25) is 4.79 Å². The van der Waals surface area contributed by atoms with Gasteiger partial charge in [0.05, 0.1) is 5.69 Å². The molecule has 0 atom stereocenters. The van der Waals surface area contributed by atoms with E-state index in [1.54, 1.807) is 23.1 Å². The first-order valence-corrected chi connectivity index (χ1v) is 7.62. The average Bonchev–Trinajstić information content (AvgIpc) is 3.08. The van der Waals surface area contributed by atoms with Crippen LogP contribution < -0.4 is 5.32 Å². The molecule has 0 radical (unpaired) electrons. The van der Waals surface area contributed by atoms with Gasteiger partial charge in [-0.1, -0.05) is 13.3 Å². The van der Waals surface area contributed by atoms with Crippen molar-refractivity contribution in [3.8, 4) is 5.69 Å². The highest BCUT2D eigenvalue weighted by atomic mass is 16.5. The molecule has 118 valence electrons. The molecule has 1 heterocycles. The van der Waals surface area contributed by atoms with E-state index in [4.69, 9.17) is 4.74 Å². The van der Waals surface area contributed by atoms with E-state index in [9.17, 15) is 4.79 Å². The fourth-order valence-corrected chi connectivity index (χ4v) is 1.93. The summed E-state index contributed by atoms with van der Waals surface area (Å²) in [6, 6.07) is 7.25. The SMILES string of the molecule is CCCCOCCCNC(=O)c1ccc(-n2cncn2)cc1. The molecule has 1 aromatic heterocycles. The highest BCUT2D eigenvalue weighted by Gasteiger charge is 2.05. The number of hydrogen-bond donors (Lipinski definition) is 1. The monoisotopic (exact) mass is 302 g/mol. The molecule has 2 rings (SSSR count). The van der Waals surface area contributed by atoms with Crippen molar-refractivity contribution in [2.75, 3.05) is 19.8 Å². The molecule has 6 heteroatoms. The lowest BCUT2D eigenvalue weighted by molar-refractivity contribution is 0.0940. The van der Waals surface area contributed by atoms with Gasteiger partial charge in [0.15, 0.2) is 0 Å². The maximum Gasteiger partial charge on any atom is 0.251 e. The van der Waals surface area contributed by atoms with Crippen LogP contribution in [0.25, 0.3) is 5.69 Å². The summed E-state index contributed by atoms with van der Waals surface area (Å²) in [6.07, 6.45) is 6.15. The lowest BCUT2D eigenvalue weighted by atomic mass is 10.2. The summed E-state index contributed by atoms with van der Waals surface area (Å²) in [7, 11) is 0. The van der Waals surface area contributed by atoms with E-state index in [0.29, 0.717) is 18.7 Å². The second-order valence-corrected chi connectivity index (χ2v) is 4.96. The van der Waals surface area contributed by atoms with Crippen molar-refractivity contribution in [3.05, 3.63) is 42.5 Å². The van der Waals surface area contributed by atoms with Crippen molar-refractivity contribution in [1.29, 1.82) is 0 Å². The molecule has 2 aromatic rings. The number of carbonyl (C=O) groups is 1. The predicted molar refractivity (Wildman–Crippen MR) is 84.0 cm³/mol. The maximum absolute atomic E-state index is 12.0. The number of nitrogens with zero attached hydrogens (tertiary/aromatic N) is 3. The molecule has 0 bridgehead atoms. The summed E-state index contributed by atoms with van der Waals surface area (Å²) < 4.78 is 7.10. The molecule has 1 aromatic carbocycles. The maximum atomic E-state index is 12.0. The zero-order valence-electron chi connectivity index (χ0n) is 12.9. The predicted octanol–water partition coefficient (Wildman–Crippen LogP) is 2.20. The smallest absolute Gasteiger partial charge is 0.251 e. The van der Waals surface area contributed by atoms with Crippen LogP contribution in [-0.2, 0) is 4.74 Å². The highest BCUT2D eigenvalue weighted by Crippen LogP contribution is 2.07. The molecular weight excluding hydrogens is 280 g/mol. The molecule has 0 fully saturated rings. The quantitative estimate of drug-likeness (QED) is 0.721. The summed E-state index contributed by atoms with van der Waals surface area (Å²) in [4.78, 5) is 15.9. The van der Waals surface area contributed by atoms with Crippen molar-refractivity contribution in [2.24, 2.45) is 0 Å². The molecule has 1 N–H and O–H groups in total. The molecule has 0 saturated heterocycles. The van der Waals surface area contributed by atoms with Gasteiger partial charge in [0, 0.05) is 25.3 Å². The van der Waals surface area contributed by atoms with E-state index >= 15 is 0 Å². The normalized spacial score (nSPS) is 10.6. The number of carbonyl (C=O) groups excluding carboxylic acids is 1. The van der Waals surface area contributed by atoms with E-state index < -0.39 is 0 Å². The molecule has 0 aliphatic carbocycles. The van der Waals surface area contributed by atoms with Gasteiger partial charge >= 0.3 is 0 Å². The largest absolute Gasteiger partial charge is 0.381 e. The summed E-state index contributed by atoms with van der Waals surface area (Å²) >= 11 is 0. The molecule has 6 nitrogen and oxygen atoms in total. The van der Waals surface area contributed by atoms with Crippen LogP contribution in [0.5, 0.6) is 0 Å². The third kappa shape index (κ3) is 4.96. The second-order valence-electron chi connectivity index (χ2n) is 4.96. The highest BCUT2D eigenvalue weighted by molar-refractivity contribution is 5.94. The molecule has 0 aliphatic rings. The average molecular weight is 302 g/mol. The number of rotatable bonds is 9. The van der Waals surface area contributed by atoms with Gasteiger partial charge in [-0.25, -0.2) is 9.67 Å². The van der Waals surface area contributed by atoms with Gasteiger partial charge in [0.2, 0.25) is 0 Å². The van der Waals surface area contributed by atoms with Gasteiger partial charge in [-0.05, 0) is 37.1 Å². The van der Waals surface area contributed by atoms with Crippen LogP contribution in [0.3, 0.4) is 0 Å². The zero-order valence-corrected chi connectivity index (χ0v) is 12.9. The molecular formula is C16H22N4O2. The summed E-state index contributed by atoms with van der Waals surface area (Å²) in [5.41, 5.74) is 1.51. The van der Waals surface area contributed by atoms with Crippen LogP contribution in [0.15, 0.2) is 36.9 Å². The molecule has 0 unspecified atom stereocenters. The Morgan fingerprint density at radius 1 is 1.23 bits per heavy atom. The van der Waals surface area contributed by atoms with Gasteiger partial charge in [-0.2, -0.15) is 5.10 Å². The number of nitrogens with one attached hydrogen (secondary N) is 1. The number of ether oxygens (including phenoxy) is 1. The number of amides is 1. The molecule has 0 saturated carbocycles. The van der Waals surface area contributed by atoms with Gasteiger partial charge < -0.3 is 10.1 Å². The third-order valence-corrected chi connectivity index (χ3v) is 3.21. The molecule has 1 amide bonds. The Kier molecular flexibility index (Phi) is 6.57. The Morgan fingerprint density at radius 3 is 2.68 bits per heavy atom. The molecule has 22 heavy (non-hydrogen) atoms. The first-order valence-electron chi connectivity index (χ1n) is 7.62. The third-order valence-electron chi connectivity index (χ3n) is 3.21. The lowest BCUT2D eigenvalue weighted by Gasteiger charge is -2.07. The number of benzene rings is 1. The number of aromatic nitrogens is 3. The Labute approximate surface area is 130 Å². The Balaban J connectivity index is 1.71. The first-order chi connectivity index (χ1) is 10.8. The summed E-state index contributed by atoms with van der Waals surface area (Å²) in [6.45, 7) is 4.24. The summed E-state index contributed by atoms with van der Waals surface area (Å²) in [5, 5.41) is 6.93.